The number of primary sulfonamides is 1. The maximum Gasteiger partial charge on any atom is 0.332 e. The van der Waals surface area contributed by atoms with Crippen molar-refractivity contribution in [1.82, 2.24) is 4.90 Å². The number of carbonyl (C=O) groups excluding carboxylic acids is 2. The van der Waals surface area contributed by atoms with Crippen molar-refractivity contribution in [2.45, 2.75) is 37.2 Å². The van der Waals surface area contributed by atoms with Crippen LogP contribution < -0.4 is 10.0 Å². The summed E-state index contributed by atoms with van der Waals surface area (Å²) in [5, 5.41) is 5.23. The molecule has 1 fully saturated rings. The molecule has 3 aromatic rings. The third-order valence-electron chi connectivity index (χ3n) is 5.91. The van der Waals surface area contributed by atoms with E-state index >= 15 is 0 Å². The number of hydrogen-bond acceptors (Lipinski definition) is 4. The van der Waals surface area contributed by atoms with Crippen LogP contribution in [0.5, 0.6) is 0 Å². The summed E-state index contributed by atoms with van der Waals surface area (Å²) in [4.78, 5) is 29.1. The van der Waals surface area contributed by atoms with Crippen LogP contribution in [-0.2, 0) is 27.8 Å². The van der Waals surface area contributed by atoms with Crippen molar-refractivity contribution in [3.8, 4) is 0 Å². The van der Waals surface area contributed by atoms with Gasteiger partial charge in [-0.15, -0.1) is 0 Å². The standard InChI is InChI=1S/C25H25N3O4S/c1-25(2)23(29)28(21-13-8-14-22(16-21)33(26,31)32)24(30)27(25)17-20-12-7-6-11-19(20)15-18-9-4-3-5-10-18/h3-14,16H,15,17H2,1-2H3,(H2,26,31,32). The molecule has 3 amide bonds. The molecule has 0 unspecified atom stereocenters. The maximum atomic E-state index is 13.4. The first kappa shape index (κ1) is 22.7. The minimum absolute atomic E-state index is 0.162. The Hall–Kier alpha value is -3.49. The predicted molar refractivity (Wildman–Crippen MR) is 126 cm³/mol. The molecule has 0 aliphatic carbocycles. The van der Waals surface area contributed by atoms with Crippen LogP contribution in [0.4, 0.5) is 10.5 Å². The molecule has 0 saturated carbocycles. The van der Waals surface area contributed by atoms with Crippen LogP contribution in [0.25, 0.3) is 0 Å². The Morgan fingerprint density at radius 2 is 1.48 bits per heavy atom. The molecule has 7 nitrogen and oxygen atoms in total. The largest absolute Gasteiger partial charge is 0.332 e. The molecule has 0 radical (unpaired) electrons. The second-order valence-electron chi connectivity index (χ2n) is 8.54. The van der Waals surface area contributed by atoms with Crippen molar-refractivity contribution in [2.24, 2.45) is 5.14 Å². The molecule has 8 heteroatoms. The van der Waals surface area contributed by atoms with E-state index in [1.165, 1.54) is 29.2 Å². The van der Waals surface area contributed by atoms with E-state index in [-0.39, 0.29) is 17.1 Å². The van der Waals surface area contributed by atoms with E-state index in [1.54, 1.807) is 13.8 Å². The average Bonchev–Trinajstić information content (AvgIpc) is 2.94. The first-order chi connectivity index (χ1) is 15.6. The van der Waals surface area contributed by atoms with Crippen molar-refractivity contribution in [2.75, 3.05) is 4.90 Å². The quantitative estimate of drug-likeness (QED) is 0.564. The zero-order valence-corrected chi connectivity index (χ0v) is 19.2. The van der Waals surface area contributed by atoms with E-state index in [2.05, 4.69) is 0 Å². The van der Waals surface area contributed by atoms with Gasteiger partial charge < -0.3 is 4.90 Å². The Balaban J connectivity index is 1.67. The Kier molecular flexibility index (Phi) is 5.82. The number of sulfonamides is 1. The first-order valence-corrected chi connectivity index (χ1v) is 12.0. The molecule has 33 heavy (non-hydrogen) atoms. The van der Waals surface area contributed by atoms with Gasteiger partial charge in [-0.2, -0.15) is 0 Å². The third kappa shape index (κ3) is 4.40. The lowest BCUT2D eigenvalue weighted by Crippen LogP contribution is -2.43. The molecule has 2 N–H and O–H groups in total. The number of anilines is 1. The normalized spacial score (nSPS) is 15.8. The molecule has 0 aromatic heterocycles. The lowest BCUT2D eigenvalue weighted by atomic mass is 9.97. The summed E-state index contributed by atoms with van der Waals surface area (Å²) in [6.45, 7) is 3.62. The van der Waals surface area contributed by atoms with Crippen LogP contribution in [0.1, 0.15) is 30.5 Å². The Labute approximate surface area is 193 Å². The number of amides is 3. The summed E-state index contributed by atoms with van der Waals surface area (Å²) in [5.41, 5.74) is 2.21. The summed E-state index contributed by atoms with van der Waals surface area (Å²) in [5.74, 6) is -0.431. The highest BCUT2D eigenvalue weighted by Crippen LogP contribution is 2.34. The fraction of sp³-hybridized carbons (Fsp3) is 0.200. The Morgan fingerprint density at radius 3 is 2.15 bits per heavy atom. The molecular formula is C25H25N3O4S. The second kappa shape index (κ2) is 8.46. The summed E-state index contributed by atoms with van der Waals surface area (Å²) in [6.07, 6.45) is 0.702. The fourth-order valence-corrected chi connectivity index (χ4v) is 4.55. The lowest BCUT2D eigenvalue weighted by Gasteiger charge is -2.28. The number of imide groups is 1. The number of rotatable bonds is 6. The highest BCUT2D eigenvalue weighted by molar-refractivity contribution is 7.89. The van der Waals surface area contributed by atoms with Gasteiger partial charge in [-0.25, -0.2) is 23.3 Å². The number of carbonyl (C=O) groups is 2. The summed E-state index contributed by atoms with van der Waals surface area (Å²) in [7, 11) is -3.98. The highest BCUT2D eigenvalue weighted by atomic mass is 32.2. The van der Waals surface area contributed by atoms with E-state index in [1.807, 2.05) is 54.6 Å². The molecule has 170 valence electrons. The molecule has 0 bridgehead atoms. The number of nitrogens with two attached hydrogens (primary N) is 1. The third-order valence-corrected chi connectivity index (χ3v) is 6.82. The zero-order valence-electron chi connectivity index (χ0n) is 18.4. The summed E-state index contributed by atoms with van der Waals surface area (Å²) >= 11 is 0. The second-order valence-corrected chi connectivity index (χ2v) is 10.1. The molecular weight excluding hydrogens is 438 g/mol. The van der Waals surface area contributed by atoms with Gasteiger partial charge in [0.25, 0.3) is 5.91 Å². The topological polar surface area (TPSA) is 101 Å². The Morgan fingerprint density at radius 1 is 0.848 bits per heavy atom. The molecule has 1 saturated heterocycles. The van der Waals surface area contributed by atoms with Gasteiger partial charge in [-0.3, -0.25) is 4.79 Å². The molecule has 0 spiro atoms. The van der Waals surface area contributed by atoms with Crippen molar-refractivity contribution in [1.29, 1.82) is 0 Å². The number of benzene rings is 3. The van der Waals surface area contributed by atoms with Crippen LogP contribution in [0.3, 0.4) is 0 Å². The number of urea groups is 1. The van der Waals surface area contributed by atoms with Crippen molar-refractivity contribution >= 4 is 27.6 Å². The van der Waals surface area contributed by atoms with E-state index in [4.69, 9.17) is 5.14 Å². The van der Waals surface area contributed by atoms with E-state index in [0.29, 0.717) is 6.42 Å². The van der Waals surface area contributed by atoms with E-state index in [0.717, 1.165) is 21.6 Å². The van der Waals surface area contributed by atoms with Gasteiger partial charge in [0.2, 0.25) is 10.0 Å². The lowest BCUT2D eigenvalue weighted by molar-refractivity contribution is -0.123. The van der Waals surface area contributed by atoms with E-state index in [9.17, 15) is 18.0 Å². The molecule has 1 aliphatic heterocycles. The van der Waals surface area contributed by atoms with Crippen LogP contribution >= 0.6 is 0 Å². The van der Waals surface area contributed by atoms with Gasteiger partial charge in [-0.05, 0) is 55.2 Å². The SMILES string of the molecule is CC1(C)C(=O)N(c2cccc(S(N)(=O)=O)c2)C(=O)N1Cc1ccccc1Cc1ccccc1. The van der Waals surface area contributed by atoms with Crippen LogP contribution in [-0.4, -0.2) is 30.8 Å². The van der Waals surface area contributed by atoms with Gasteiger partial charge >= 0.3 is 6.03 Å². The van der Waals surface area contributed by atoms with Crippen LogP contribution in [0.2, 0.25) is 0 Å². The molecule has 0 atom stereocenters. The van der Waals surface area contributed by atoms with Gasteiger partial charge in [-0.1, -0.05) is 60.7 Å². The van der Waals surface area contributed by atoms with Gasteiger partial charge in [0.1, 0.15) is 5.54 Å². The van der Waals surface area contributed by atoms with Crippen molar-refractivity contribution in [3.63, 3.8) is 0 Å². The van der Waals surface area contributed by atoms with Crippen LogP contribution in [0, 0.1) is 0 Å². The molecule has 4 rings (SSSR count). The monoisotopic (exact) mass is 463 g/mol. The van der Waals surface area contributed by atoms with Crippen molar-refractivity contribution in [3.05, 3.63) is 95.6 Å². The van der Waals surface area contributed by atoms with Gasteiger partial charge in [0.15, 0.2) is 0 Å². The first-order valence-electron chi connectivity index (χ1n) is 10.5. The van der Waals surface area contributed by atoms with Gasteiger partial charge in [0, 0.05) is 6.54 Å². The molecule has 1 heterocycles. The molecule has 3 aromatic carbocycles. The molecule has 1 aliphatic rings. The number of hydrogen-bond donors (Lipinski definition) is 1. The smallest absolute Gasteiger partial charge is 0.305 e. The number of nitrogens with zero attached hydrogens (tertiary/aromatic N) is 2. The summed E-state index contributed by atoms with van der Waals surface area (Å²) in [6, 6.07) is 22.9. The summed E-state index contributed by atoms with van der Waals surface area (Å²) < 4.78 is 23.5. The maximum absolute atomic E-state index is 13.4. The minimum atomic E-state index is -3.98. The van der Waals surface area contributed by atoms with Crippen LogP contribution in [0.15, 0.2) is 83.8 Å². The average molecular weight is 464 g/mol. The van der Waals surface area contributed by atoms with E-state index < -0.39 is 27.5 Å². The van der Waals surface area contributed by atoms with Gasteiger partial charge in [0.05, 0.1) is 10.6 Å². The Bertz CT molecular complexity index is 1320. The predicted octanol–water partition coefficient (Wildman–Crippen LogP) is 3.67. The minimum Gasteiger partial charge on any atom is -0.305 e. The fourth-order valence-electron chi connectivity index (χ4n) is 4.00. The zero-order chi connectivity index (χ0) is 23.8. The van der Waals surface area contributed by atoms with Crippen molar-refractivity contribution < 1.29 is 18.0 Å². The highest BCUT2D eigenvalue weighted by Gasteiger charge is 2.51.